The molecule has 0 aromatic carbocycles. The van der Waals surface area contributed by atoms with E-state index in [1.54, 1.807) is 17.3 Å². The Bertz CT molecular complexity index is 170. The van der Waals surface area contributed by atoms with Gasteiger partial charge in [-0.25, -0.2) is 0 Å². The third-order valence-corrected chi connectivity index (χ3v) is 1.09. The van der Waals surface area contributed by atoms with Crippen LogP contribution in [0.25, 0.3) is 0 Å². The summed E-state index contributed by atoms with van der Waals surface area (Å²) in [6, 6.07) is 3.84. The highest BCUT2D eigenvalue weighted by Gasteiger charge is 1.89. The largest absolute Gasteiger partial charge is 0.372 e. The molecule has 1 rings (SSSR count). The van der Waals surface area contributed by atoms with E-state index in [1.165, 1.54) is 0 Å². The van der Waals surface area contributed by atoms with E-state index in [9.17, 15) is 0 Å². The Hall–Kier alpha value is -1.05. The topological polar surface area (TPSA) is 16.1 Å². The predicted octanol–water partition coefficient (Wildman–Crippen LogP) is 1.31. The first-order valence-corrected chi connectivity index (χ1v) is 2.75. The van der Waals surface area contributed by atoms with E-state index in [4.69, 9.17) is 0 Å². The zero-order chi connectivity index (χ0) is 6.69. The van der Waals surface area contributed by atoms with Gasteiger partial charge in [-0.1, -0.05) is 0 Å². The number of rotatable bonds is 1. The summed E-state index contributed by atoms with van der Waals surface area (Å²) in [6.45, 7) is 0. The van der Waals surface area contributed by atoms with Gasteiger partial charge in [-0.15, -0.1) is 0 Å². The van der Waals surface area contributed by atoms with Gasteiger partial charge in [-0.3, -0.25) is 4.98 Å². The van der Waals surface area contributed by atoms with Crippen molar-refractivity contribution in [1.29, 1.82) is 0 Å². The van der Waals surface area contributed by atoms with Crippen molar-refractivity contribution in [3.63, 3.8) is 0 Å². The molecule has 9 heavy (non-hydrogen) atoms. The monoisotopic (exact) mass is 121 g/mol. The van der Waals surface area contributed by atoms with Gasteiger partial charge in [0.15, 0.2) is 0 Å². The van der Waals surface area contributed by atoms with Crippen molar-refractivity contribution in [1.82, 2.24) is 4.98 Å². The Morgan fingerprint density at radius 1 is 1.67 bits per heavy atom. The van der Waals surface area contributed by atoms with Crippen LogP contribution < -0.4 is 4.90 Å². The number of hydrogen-bond donors (Lipinski definition) is 0. The van der Waals surface area contributed by atoms with Gasteiger partial charge >= 0.3 is 0 Å². The molecular weight excluding hydrogens is 112 g/mol. The summed E-state index contributed by atoms with van der Waals surface area (Å²) in [6.07, 6.45) is 3.51. The molecule has 0 saturated carbocycles. The van der Waals surface area contributed by atoms with Gasteiger partial charge in [-0.2, -0.15) is 0 Å². The maximum absolute atomic E-state index is 3.92. The van der Waals surface area contributed by atoms with Crippen LogP contribution in [0.5, 0.6) is 0 Å². The highest BCUT2D eigenvalue weighted by Crippen LogP contribution is 2.06. The number of hydrogen-bond acceptors (Lipinski definition) is 2. The summed E-state index contributed by atoms with van der Waals surface area (Å²) >= 11 is 0. The fourth-order valence-corrected chi connectivity index (χ4v) is 0.580. The van der Waals surface area contributed by atoms with E-state index in [0.29, 0.717) is 0 Å². The van der Waals surface area contributed by atoms with E-state index in [-0.39, 0.29) is 0 Å². The van der Waals surface area contributed by atoms with Gasteiger partial charge < -0.3 is 4.90 Å². The van der Waals surface area contributed by atoms with Crippen LogP contribution in [-0.4, -0.2) is 12.0 Å². The lowest BCUT2D eigenvalue weighted by Gasteiger charge is -2.09. The standard InChI is InChI=1S/C7H9N2/c1-9(2)7-4-3-5-8-6-7/h3-6H,1H2,2H3. The fraction of sp³-hybridized carbons (Fsp3) is 0.143. The lowest BCUT2D eigenvalue weighted by atomic mass is 10.4. The van der Waals surface area contributed by atoms with Gasteiger partial charge in [0, 0.05) is 20.3 Å². The summed E-state index contributed by atoms with van der Waals surface area (Å²) in [7, 11) is 5.59. The van der Waals surface area contributed by atoms with Crippen LogP contribution >= 0.6 is 0 Å². The second kappa shape index (κ2) is 2.49. The van der Waals surface area contributed by atoms with Crippen LogP contribution in [-0.2, 0) is 0 Å². The van der Waals surface area contributed by atoms with Gasteiger partial charge in [0.05, 0.1) is 11.9 Å². The van der Waals surface area contributed by atoms with Crippen molar-refractivity contribution in [2.45, 2.75) is 0 Å². The second-order valence-corrected chi connectivity index (χ2v) is 1.91. The van der Waals surface area contributed by atoms with Gasteiger partial charge in [0.2, 0.25) is 0 Å². The lowest BCUT2D eigenvalue weighted by molar-refractivity contribution is 1.17. The number of aromatic nitrogens is 1. The van der Waals surface area contributed by atoms with Crippen molar-refractivity contribution >= 4 is 5.69 Å². The average molecular weight is 121 g/mol. The molecule has 0 spiro atoms. The minimum absolute atomic E-state index is 1.03. The van der Waals surface area contributed by atoms with Crippen LogP contribution in [0.1, 0.15) is 0 Å². The zero-order valence-corrected chi connectivity index (χ0v) is 5.41. The molecule has 0 saturated heterocycles. The highest BCUT2D eigenvalue weighted by atomic mass is 15.1. The maximum Gasteiger partial charge on any atom is 0.0550 e. The van der Waals surface area contributed by atoms with Crippen molar-refractivity contribution in [2.75, 3.05) is 11.9 Å². The molecule has 0 aliphatic rings. The molecule has 0 amide bonds. The van der Waals surface area contributed by atoms with Gasteiger partial charge in [-0.05, 0) is 12.1 Å². The molecule has 0 aliphatic carbocycles. The second-order valence-electron chi connectivity index (χ2n) is 1.91. The normalized spacial score (nSPS) is 9.11. The smallest absolute Gasteiger partial charge is 0.0550 e. The molecule has 0 fully saturated rings. The molecule has 0 atom stereocenters. The Morgan fingerprint density at radius 3 is 2.78 bits per heavy atom. The Labute approximate surface area is 55.1 Å². The van der Waals surface area contributed by atoms with Crippen LogP contribution in [0.4, 0.5) is 5.69 Å². The number of nitrogens with zero attached hydrogens (tertiary/aromatic N) is 2. The molecule has 0 unspecified atom stereocenters. The summed E-state index contributed by atoms with van der Waals surface area (Å²) in [5.74, 6) is 0. The molecule has 1 aromatic rings. The van der Waals surface area contributed by atoms with E-state index < -0.39 is 0 Å². The first kappa shape index (κ1) is 6.08. The number of anilines is 1. The molecular formula is C7H9N2. The molecule has 0 bridgehead atoms. The fourth-order valence-electron chi connectivity index (χ4n) is 0.580. The summed E-state index contributed by atoms with van der Waals surface area (Å²) in [4.78, 5) is 5.70. The number of pyridine rings is 1. The van der Waals surface area contributed by atoms with Crippen molar-refractivity contribution in [3.05, 3.63) is 31.6 Å². The van der Waals surface area contributed by atoms with E-state index >= 15 is 0 Å². The summed E-state index contributed by atoms with van der Waals surface area (Å²) in [5.41, 5.74) is 1.03. The molecule has 1 heterocycles. The third kappa shape index (κ3) is 1.42. The molecule has 1 radical (unpaired) electrons. The predicted molar refractivity (Wildman–Crippen MR) is 38.0 cm³/mol. The van der Waals surface area contributed by atoms with Crippen LogP contribution in [0.3, 0.4) is 0 Å². The Morgan fingerprint density at radius 2 is 2.44 bits per heavy atom. The molecule has 2 heteroatoms. The molecule has 2 nitrogen and oxygen atoms in total. The molecule has 0 N–H and O–H groups in total. The van der Waals surface area contributed by atoms with Crippen LogP contribution in [0.15, 0.2) is 24.5 Å². The molecule has 1 aromatic heterocycles. The van der Waals surface area contributed by atoms with E-state index in [1.807, 2.05) is 19.2 Å². The van der Waals surface area contributed by atoms with Crippen LogP contribution in [0, 0.1) is 7.05 Å². The summed E-state index contributed by atoms with van der Waals surface area (Å²) in [5, 5.41) is 0. The minimum atomic E-state index is 1.03. The third-order valence-electron chi connectivity index (χ3n) is 1.09. The van der Waals surface area contributed by atoms with E-state index in [0.717, 1.165) is 5.69 Å². The van der Waals surface area contributed by atoms with Crippen molar-refractivity contribution in [3.8, 4) is 0 Å². The van der Waals surface area contributed by atoms with E-state index in [2.05, 4.69) is 12.0 Å². The average Bonchev–Trinajstić information content (AvgIpc) is 1.90. The Kier molecular flexibility index (Phi) is 1.68. The highest BCUT2D eigenvalue weighted by molar-refractivity contribution is 5.42. The Balaban J connectivity index is 2.85. The summed E-state index contributed by atoms with van der Waals surface area (Å²) < 4.78 is 0. The molecule has 47 valence electrons. The lowest BCUT2D eigenvalue weighted by Crippen LogP contribution is -2.04. The van der Waals surface area contributed by atoms with Gasteiger partial charge in [0.1, 0.15) is 0 Å². The van der Waals surface area contributed by atoms with Crippen molar-refractivity contribution in [2.24, 2.45) is 0 Å². The first-order valence-electron chi connectivity index (χ1n) is 2.75. The maximum atomic E-state index is 3.92. The quantitative estimate of drug-likeness (QED) is 0.557. The zero-order valence-electron chi connectivity index (χ0n) is 5.41. The first-order chi connectivity index (χ1) is 4.30. The SMILES string of the molecule is [CH2]N(C)c1cccnc1. The van der Waals surface area contributed by atoms with Gasteiger partial charge in [0.25, 0.3) is 0 Å². The minimum Gasteiger partial charge on any atom is -0.372 e. The van der Waals surface area contributed by atoms with Crippen LogP contribution in [0.2, 0.25) is 0 Å². The van der Waals surface area contributed by atoms with Crippen molar-refractivity contribution < 1.29 is 0 Å². The molecule has 0 aliphatic heterocycles.